The van der Waals surface area contributed by atoms with E-state index in [1.165, 1.54) is 22.5 Å². The summed E-state index contributed by atoms with van der Waals surface area (Å²) in [5.41, 5.74) is 8.46. The van der Waals surface area contributed by atoms with E-state index in [1.807, 2.05) is 41.5 Å². The van der Waals surface area contributed by atoms with Gasteiger partial charge in [-0.3, -0.25) is 5.01 Å². The van der Waals surface area contributed by atoms with Crippen LogP contribution in [0.4, 0.5) is 22.7 Å². The molecule has 0 atom stereocenters. The van der Waals surface area contributed by atoms with E-state index in [9.17, 15) is 0 Å². The van der Waals surface area contributed by atoms with Gasteiger partial charge in [0.25, 0.3) is 0 Å². The Hall–Kier alpha value is -4.06. The van der Waals surface area contributed by atoms with Crippen LogP contribution in [0.1, 0.15) is 11.1 Å². The summed E-state index contributed by atoms with van der Waals surface area (Å²) in [5, 5.41) is 10.8. The highest BCUT2D eigenvalue weighted by Crippen LogP contribution is 2.43. The Labute approximate surface area is 187 Å². The summed E-state index contributed by atoms with van der Waals surface area (Å²) in [6, 6.07) is 26.0. The lowest BCUT2D eigenvalue weighted by Crippen LogP contribution is -2.24. The van der Waals surface area contributed by atoms with Crippen molar-refractivity contribution in [3.8, 4) is 5.69 Å². The van der Waals surface area contributed by atoms with E-state index in [-0.39, 0.29) is 0 Å². The van der Waals surface area contributed by atoms with Crippen LogP contribution < -0.4 is 9.80 Å². The average Bonchev–Trinajstić information content (AvgIpc) is 3.48. The van der Waals surface area contributed by atoms with Crippen LogP contribution in [0.25, 0.3) is 5.69 Å². The monoisotopic (exact) mass is 420 g/mol. The van der Waals surface area contributed by atoms with E-state index in [2.05, 4.69) is 86.7 Å². The highest BCUT2D eigenvalue weighted by Gasteiger charge is 2.24. The lowest BCUT2D eigenvalue weighted by atomic mass is 10.0. The Balaban J connectivity index is 1.52. The van der Waals surface area contributed by atoms with Crippen molar-refractivity contribution in [1.82, 2.24) is 14.8 Å². The molecule has 0 saturated heterocycles. The molecule has 2 aliphatic rings. The minimum Gasteiger partial charge on any atom is -0.311 e. The molecule has 0 fully saturated rings. The summed E-state index contributed by atoms with van der Waals surface area (Å²) >= 11 is 0. The molecule has 0 N–H and O–H groups in total. The number of rotatable bonds is 3. The van der Waals surface area contributed by atoms with Crippen LogP contribution in [-0.4, -0.2) is 34.8 Å². The van der Waals surface area contributed by atoms with Crippen LogP contribution in [0.3, 0.4) is 0 Å². The van der Waals surface area contributed by atoms with Crippen LogP contribution >= 0.6 is 0 Å². The molecule has 0 amide bonds. The summed E-state index contributed by atoms with van der Waals surface area (Å²) in [5.74, 6) is 0. The quantitative estimate of drug-likeness (QED) is 0.463. The Bertz CT molecular complexity index is 1290. The van der Waals surface area contributed by atoms with Crippen molar-refractivity contribution in [2.75, 3.05) is 23.5 Å². The Morgan fingerprint density at radius 3 is 2.41 bits per heavy atom. The zero-order valence-electron chi connectivity index (χ0n) is 18.0. The largest absolute Gasteiger partial charge is 0.311 e. The number of benzene rings is 3. The number of aryl methyl sites for hydroxylation is 2. The van der Waals surface area contributed by atoms with E-state index >= 15 is 0 Å². The second-order valence-electron chi connectivity index (χ2n) is 8.25. The van der Waals surface area contributed by atoms with Crippen molar-refractivity contribution in [3.05, 3.63) is 96.3 Å². The molecule has 2 aliphatic heterocycles. The third kappa shape index (κ3) is 3.21. The van der Waals surface area contributed by atoms with Crippen molar-refractivity contribution < 1.29 is 0 Å². The number of para-hydroxylation sites is 1. The van der Waals surface area contributed by atoms with Gasteiger partial charge in [0, 0.05) is 36.5 Å². The van der Waals surface area contributed by atoms with Crippen molar-refractivity contribution in [2.24, 2.45) is 5.10 Å². The predicted molar refractivity (Wildman–Crippen MR) is 129 cm³/mol. The second-order valence-corrected chi connectivity index (χ2v) is 8.25. The maximum absolute atomic E-state index is 4.43. The van der Waals surface area contributed by atoms with Gasteiger partial charge in [-0.15, -0.1) is 0 Å². The maximum atomic E-state index is 4.43. The van der Waals surface area contributed by atoms with Gasteiger partial charge in [0.1, 0.15) is 13.0 Å². The number of fused-ring (bicyclic) bond motifs is 2. The summed E-state index contributed by atoms with van der Waals surface area (Å²) < 4.78 is 1.90. The number of hydrazone groups is 1. The molecule has 3 heterocycles. The predicted octanol–water partition coefficient (Wildman–Crippen LogP) is 5.09. The van der Waals surface area contributed by atoms with E-state index in [4.69, 9.17) is 0 Å². The lowest BCUT2D eigenvalue weighted by molar-refractivity contribution is 0.393. The second kappa shape index (κ2) is 7.57. The maximum Gasteiger partial charge on any atom is 0.117 e. The van der Waals surface area contributed by atoms with Crippen molar-refractivity contribution in [3.63, 3.8) is 0 Å². The summed E-state index contributed by atoms with van der Waals surface area (Å²) in [6.45, 7) is 0.754. The fourth-order valence-corrected chi connectivity index (χ4v) is 4.56. The number of hydrogen-bond donors (Lipinski definition) is 0. The van der Waals surface area contributed by atoms with Gasteiger partial charge < -0.3 is 9.80 Å². The molecule has 0 aliphatic carbocycles. The number of nitrogens with zero attached hydrogens (tertiary/aromatic N) is 6. The standard InChI is InChI=1S/C26H24N6/c1-29-19-30(18-28-29)22-13-12-21-11-10-20-6-2-3-9-25(20)32(26(21)17-22)24-8-4-7-23(16-24)31-15-5-14-27-31/h2-9,12-18H,10-11,19H2,1H3. The van der Waals surface area contributed by atoms with E-state index < -0.39 is 0 Å². The normalized spacial score (nSPS) is 15.0. The Kier molecular flexibility index (Phi) is 4.42. The van der Waals surface area contributed by atoms with Crippen LogP contribution in [-0.2, 0) is 12.8 Å². The third-order valence-corrected chi connectivity index (χ3v) is 6.14. The molecule has 158 valence electrons. The minimum atomic E-state index is 0.754. The molecular formula is C26H24N6. The molecule has 0 radical (unpaired) electrons. The smallest absolute Gasteiger partial charge is 0.117 e. The van der Waals surface area contributed by atoms with Crippen molar-refractivity contribution in [1.29, 1.82) is 0 Å². The molecule has 4 aromatic rings. The van der Waals surface area contributed by atoms with Crippen LogP contribution in [0.5, 0.6) is 0 Å². The molecule has 0 saturated carbocycles. The average molecular weight is 421 g/mol. The Morgan fingerprint density at radius 1 is 0.750 bits per heavy atom. The Morgan fingerprint density at radius 2 is 1.59 bits per heavy atom. The molecular weight excluding hydrogens is 396 g/mol. The third-order valence-electron chi connectivity index (χ3n) is 6.14. The van der Waals surface area contributed by atoms with Gasteiger partial charge in [-0.1, -0.05) is 30.3 Å². The zero-order chi connectivity index (χ0) is 21.5. The van der Waals surface area contributed by atoms with Gasteiger partial charge in [0.2, 0.25) is 0 Å². The van der Waals surface area contributed by atoms with Gasteiger partial charge in [-0.2, -0.15) is 10.2 Å². The molecule has 6 rings (SSSR count). The summed E-state index contributed by atoms with van der Waals surface area (Å²) in [4.78, 5) is 4.57. The number of hydrogen-bond acceptors (Lipinski definition) is 5. The molecule has 6 heteroatoms. The first-order valence-corrected chi connectivity index (χ1v) is 10.9. The van der Waals surface area contributed by atoms with Gasteiger partial charge in [0.15, 0.2) is 0 Å². The fraction of sp³-hybridized carbons (Fsp3) is 0.154. The SMILES string of the molecule is CN1CN(c2ccc3c(c2)N(c2cccc(-n4cccn4)c2)c2ccccc2CC3)C=N1. The highest BCUT2D eigenvalue weighted by molar-refractivity contribution is 5.87. The zero-order valence-corrected chi connectivity index (χ0v) is 18.0. The van der Waals surface area contributed by atoms with Gasteiger partial charge in [-0.25, -0.2) is 4.68 Å². The molecule has 32 heavy (non-hydrogen) atoms. The van der Waals surface area contributed by atoms with E-state index in [0.717, 1.165) is 36.6 Å². The first kappa shape index (κ1) is 18.7. The molecule has 3 aromatic carbocycles. The van der Waals surface area contributed by atoms with Crippen molar-refractivity contribution in [2.45, 2.75) is 12.8 Å². The molecule has 0 bridgehead atoms. The fourth-order valence-electron chi connectivity index (χ4n) is 4.56. The molecule has 1 aromatic heterocycles. The first-order valence-electron chi connectivity index (χ1n) is 10.9. The topological polar surface area (TPSA) is 39.9 Å². The van der Waals surface area contributed by atoms with E-state index in [0.29, 0.717) is 0 Å². The van der Waals surface area contributed by atoms with Crippen LogP contribution in [0, 0.1) is 0 Å². The van der Waals surface area contributed by atoms with Crippen molar-refractivity contribution >= 4 is 29.1 Å². The summed E-state index contributed by atoms with van der Waals surface area (Å²) in [7, 11) is 1.99. The van der Waals surface area contributed by atoms with Gasteiger partial charge >= 0.3 is 0 Å². The number of aromatic nitrogens is 2. The molecule has 0 spiro atoms. The number of anilines is 4. The van der Waals surface area contributed by atoms with Gasteiger partial charge in [0.05, 0.1) is 11.4 Å². The van der Waals surface area contributed by atoms with E-state index in [1.54, 1.807) is 0 Å². The molecule has 6 nitrogen and oxygen atoms in total. The minimum absolute atomic E-state index is 0.754. The first-order chi connectivity index (χ1) is 15.8. The van der Waals surface area contributed by atoms with Crippen LogP contribution in [0.15, 0.2) is 90.3 Å². The van der Waals surface area contributed by atoms with Crippen LogP contribution in [0.2, 0.25) is 0 Å². The lowest BCUT2D eigenvalue weighted by Gasteiger charge is -2.29. The summed E-state index contributed by atoms with van der Waals surface area (Å²) in [6.07, 6.45) is 7.71. The molecule has 0 unspecified atom stereocenters. The van der Waals surface area contributed by atoms with Gasteiger partial charge in [-0.05, 0) is 66.4 Å². The highest BCUT2D eigenvalue weighted by atomic mass is 15.6.